The summed E-state index contributed by atoms with van der Waals surface area (Å²) in [5.74, 6) is 1.29. The first-order valence-electron chi connectivity index (χ1n) is 4.57. The fourth-order valence-electron chi connectivity index (χ4n) is 1.30. The first-order valence-corrected chi connectivity index (χ1v) is 4.57. The second kappa shape index (κ2) is 3.49. The fraction of sp³-hybridized carbons (Fsp3) is 0.200. The lowest BCUT2D eigenvalue weighted by molar-refractivity contribution is 0.947. The second-order valence-electron chi connectivity index (χ2n) is 3.03. The van der Waals surface area contributed by atoms with Crippen LogP contribution in [-0.2, 0) is 6.42 Å². The molecule has 0 aliphatic carbocycles. The van der Waals surface area contributed by atoms with Gasteiger partial charge in [0.05, 0.1) is 11.4 Å². The Balaban J connectivity index is 2.48. The number of nitrogens with one attached hydrogen (secondary N) is 1. The molecule has 0 unspecified atom stereocenters. The Morgan fingerprint density at radius 2 is 2.29 bits per heavy atom. The highest BCUT2D eigenvalue weighted by Gasteiger charge is 2.03. The number of anilines is 1. The minimum Gasteiger partial charge on any atom is -0.384 e. The monoisotopic (exact) mass is 188 g/mol. The molecule has 72 valence electrons. The van der Waals surface area contributed by atoms with Crippen LogP contribution in [0.15, 0.2) is 24.4 Å². The Bertz CT molecular complexity index is 420. The fourth-order valence-corrected chi connectivity index (χ4v) is 1.30. The Labute approximate surface area is 82.2 Å². The number of aromatic amines is 1. The minimum atomic E-state index is 0.515. The third-order valence-corrected chi connectivity index (χ3v) is 1.98. The highest BCUT2D eigenvalue weighted by atomic mass is 15.0. The van der Waals surface area contributed by atoms with Crippen LogP contribution in [0.2, 0.25) is 0 Å². The van der Waals surface area contributed by atoms with Gasteiger partial charge in [-0.3, -0.25) is 0 Å². The van der Waals surface area contributed by atoms with E-state index in [1.54, 1.807) is 6.07 Å². The number of aryl methyl sites for hydroxylation is 1. The van der Waals surface area contributed by atoms with Crippen molar-refractivity contribution in [2.75, 3.05) is 5.73 Å². The van der Waals surface area contributed by atoms with E-state index in [-0.39, 0.29) is 0 Å². The SMILES string of the molecule is CCc1nc(N)cc(-c2ccc[nH]2)n1. The molecule has 0 amide bonds. The summed E-state index contributed by atoms with van der Waals surface area (Å²) in [4.78, 5) is 11.6. The molecule has 4 heteroatoms. The number of nitrogen functional groups attached to an aromatic ring is 1. The lowest BCUT2D eigenvalue weighted by atomic mass is 10.3. The van der Waals surface area contributed by atoms with Crippen LogP contribution in [0.4, 0.5) is 5.82 Å². The van der Waals surface area contributed by atoms with Gasteiger partial charge in [0.1, 0.15) is 11.6 Å². The average Bonchev–Trinajstić information content (AvgIpc) is 2.69. The van der Waals surface area contributed by atoms with Gasteiger partial charge in [-0.05, 0) is 12.1 Å². The van der Waals surface area contributed by atoms with Crippen molar-refractivity contribution >= 4 is 5.82 Å². The molecule has 2 aromatic rings. The smallest absolute Gasteiger partial charge is 0.131 e. The standard InChI is InChI=1S/C10H12N4/c1-2-10-13-8(6-9(11)14-10)7-4-3-5-12-7/h3-6,12H,2H2,1H3,(H2,11,13,14). The molecule has 0 spiro atoms. The van der Waals surface area contributed by atoms with Crippen LogP contribution in [0, 0.1) is 0 Å². The molecule has 0 aliphatic rings. The third kappa shape index (κ3) is 1.59. The van der Waals surface area contributed by atoms with Gasteiger partial charge in [-0.2, -0.15) is 0 Å². The zero-order chi connectivity index (χ0) is 9.97. The van der Waals surface area contributed by atoms with Gasteiger partial charge in [-0.25, -0.2) is 9.97 Å². The van der Waals surface area contributed by atoms with Gasteiger partial charge in [-0.1, -0.05) is 6.92 Å². The van der Waals surface area contributed by atoms with Crippen LogP contribution in [0.25, 0.3) is 11.4 Å². The van der Waals surface area contributed by atoms with E-state index in [1.165, 1.54) is 0 Å². The van der Waals surface area contributed by atoms with Gasteiger partial charge in [-0.15, -0.1) is 0 Å². The molecular weight excluding hydrogens is 176 g/mol. The number of aromatic nitrogens is 3. The first kappa shape index (κ1) is 8.74. The maximum absolute atomic E-state index is 5.68. The van der Waals surface area contributed by atoms with Gasteiger partial charge in [0.2, 0.25) is 0 Å². The van der Waals surface area contributed by atoms with E-state index >= 15 is 0 Å². The van der Waals surface area contributed by atoms with Crippen molar-refractivity contribution in [3.63, 3.8) is 0 Å². The number of nitrogens with zero attached hydrogens (tertiary/aromatic N) is 2. The number of hydrogen-bond acceptors (Lipinski definition) is 3. The average molecular weight is 188 g/mol. The van der Waals surface area contributed by atoms with Gasteiger partial charge in [0.15, 0.2) is 0 Å². The molecule has 0 radical (unpaired) electrons. The van der Waals surface area contributed by atoms with Crippen molar-refractivity contribution in [1.82, 2.24) is 15.0 Å². The number of H-pyrrole nitrogens is 1. The van der Waals surface area contributed by atoms with Crippen molar-refractivity contribution in [3.05, 3.63) is 30.2 Å². The zero-order valence-electron chi connectivity index (χ0n) is 7.99. The number of nitrogens with two attached hydrogens (primary N) is 1. The lowest BCUT2D eigenvalue weighted by Crippen LogP contribution is -2.00. The summed E-state index contributed by atoms with van der Waals surface area (Å²) in [5.41, 5.74) is 7.49. The Morgan fingerprint density at radius 3 is 2.93 bits per heavy atom. The number of rotatable bonds is 2. The second-order valence-corrected chi connectivity index (χ2v) is 3.03. The molecule has 0 atom stereocenters. The van der Waals surface area contributed by atoms with Gasteiger partial charge < -0.3 is 10.7 Å². The summed E-state index contributed by atoms with van der Waals surface area (Å²) in [5, 5.41) is 0. The topological polar surface area (TPSA) is 67.6 Å². The van der Waals surface area contributed by atoms with E-state index in [4.69, 9.17) is 5.73 Å². The van der Waals surface area contributed by atoms with Crippen LogP contribution < -0.4 is 5.73 Å². The normalized spacial score (nSPS) is 10.4. The van der Waals surface area contributed by atoms with E-state index in [1.807, 2.05) is 25.3 Å². The van der Waals surface area contributed by atoms with E-state index in [0.29, 0.717) is 5.82 Å². The Hall–Kier alpha value is -1.84. The molecule has 4 nitrogen and oxygen atoms in total. The van der Waals surface area contributed by atoms with E-state index < -0.39 is 0 Å². The van der Waals surface area contributed by atoms with Crippen LogP contribution in [0.3, 0.4) is 0 Å². The van der Waals surface area contributed by atoms with Crippen LogP contribution >= 0.6 is 0 Å². The molecule has 0 saturated heterocycles. The van der Waals surface area contributed by atoms with Gasteiger partial charge in [0, 0.05) is 18.7 Å². The van der Waals surface area contributed by atoms with Crippen molar-refractivity contribution in [2.24, 2.45) is 0 Å². The first-order chi connectivity index (χ1) is 6.79. The van der Waals surface area contributed by atoms with Gasteiger partial charge >= 0.3 is 0 Å². The molecule has 0 saturated carbocycles. The van der Waals surface area contributed by atoms with Crippen molar-refractivity contribution in [3.8, 4) is 11.4 Å². The van der Waals surface area contributed by atoms with E-state index in [0.717, 1.165) is 23.6 Å². The lowest BCUT2D eigenvalue weighted by Gasteiger charge is -2.02. The summed E-state index contributed by atoms with van der Waals surface area (Å²) in [6, 6.07) is 5.66. The van der Waals surface area contributed by atoms with Crippen LogP contribution in [0.5, 0.6) is 0 Å². The summed E-state index contributed by atoms with van der Waals surface area (Å²) in [6.45, 7) is 2.01. The van der Waals surface area contributed by atoms with Crippen molar-refractivity contribution < 1.29 is 0 Å². The predicted molar refractivity (Wildman–Crippen MR) is 55.6 cm³/mol. The highest BCUT2D eigenvalue weighted by Crippen LogP contribution is 2.16. The number of hydrogen-bond donors (Lipinski definition) is 2. The molecule has 2 aromatic heterocycles. The minimum absolute atomic E-state index is 0.515. The Morgan fingerprint density at radius 1 is 1.43 bits per heavy atom. The molecule has 3 N–H and O–H groups in total. The Kier molecular flexibility index (Phi) is 2.18. The molecular formula is C10H12N4. The van der Waals surface area contributed by atoms with Crippen LogP contribution in [-0.4, -0.2) is 15.0 Å². The molecule has 0 bridgehead atoms. The maximum atomic E-state index is 5.68. The molecule has 0 aromatic carbocycles. The molecule has 0 aliphatic heterocycles. The summed E-state index contributed by atoms with van der Waals surface area (Å²) < 4.78 is 0. The van der Waals surface area contributed by atoms with E-state index in [2.05, 4.69) is 15.0 Å². The zero-order valence-corrected chi connectivity index (χ0v) is 7.99. The molecule has 2 heterocycles. The highest BCUT2D eigenvalue weighted by molar-refractivity contribution is 5.57. The van der Waals surface area contributed by atoms with Crippen molar-refractivity contribution in [1.29, 1.82) is 0 Å². The van der Waals surface area contributed by atoms with Crippen molar-refractivity contribution in [2.45, 2.75) is 13.3 Å². The molecule has 0 fully saturated rings. The summed E-state index contributed by atoms with van der Waals surface area (Å²) >= 11 is 0. The predicted octanol–water partition coefficient (Wildman–Crippen LogP) is 1.62. The largest absolute Gasteiger partial charge is 0.384 e. The molecule has 14 heavy (non-hydrogen) atoms. The van der Waals surface area contributed by atoms with Crippen LogP contribution in [0.1, 0.15) is 12.7 Å². The quantitative estimate of drug-likeness (QED) is 0.752. The van der Waals surface area contributed by atoms with Gasteiger partial charge in [0.25, 0.3) is 0 Å². The summed E-state index contributed by atoms with van der Waals surface area (Å²) in [6.07, 6.45) is 2.65. The summed E-state index contributed by atoms with van der Waals surface area (Å²) in [7, 11) is 0. The molecule has 2 rings (SSSR count). The third-order valence-electron chi connectivity index (χ3n) is 1.98. The maximum Gasteiger partial charge on any atom is 0.131 e. The van der Waals surface area contributed by atoms with E-state index in [9.17, 15) is 0 Å².